The lowest BCUT2D eigenvalue weighted by Gasteiger charge is -2.11. The minimum Gasteiger partial charge on any atom is -0.355 e. The maximum atomic E-state index is 11.6. The highest BCUT2D eigenvalue weighted by Crippen LogP contribution is 2.25. The summed E-state index contributed by atoms with van der Waals surface area (Å²) in [5, 5.41) is 13.1. The zero-order valence-electron chi connectivity index (χ0n) is 10.4. The fourth-order valence-electron chi connectivity index (χ4n) is 1.30. The van der Waals surface area contributed by atoms with Crippen molar-refractivity contribution in [1.29, 1.82) is 0 Å². The Kier molecular flexibility index (Phi) is 5.64. The Balaban J connectivity index is 2.56. The molecular weight excluding hydrogens is 252 g/mol. The molecular formula is C12H16N2O3S. The van der Waals surface area contributed by atoms with Gasteiger partial charge in [0.25, 0.3) is 5.69 Å². The topological polar surface area (TPSA) is 72.2 Å². The Labute approximate surface area is 110 Å². The minimum atomic E-state index is -0.439. The molecule has 18 heavy (non-hydrogen) atoms. The van der Waals surface area contributed by atoms with Crippen LogP contribution >= 0.6 is 11.8 Å². The molecule has 0 saturated carbocycles. The number of rotatable bonds is 6. The van der Waals surface area contributed by atoms with Crippen LogP contribution < -0.4 is 5.32 Å². The number of benzene rings is 1. The molecule has 6 heteroatoms. The second kappa shape index (κ2) is 7.00. The normalized spacial score (nSPS) is 11.9. The number of nitrogens with zero attached hydrogens (tertiary/aromatic N) is 1. The highest BCUT2D eigenvalue weighted by Gasteiger charge is 2.14. The Hall–Kier alpha value is -1.56. The summed E-state index contributed by atoms with van der Waals surface area (Å²) in [6, 6.07) is 6.21. The molecule has 0 aliphatic carbocycles. The molecule has 5 nitrogen and oxygen atoms in total. The number of carbonyl (C=O) groups excluding carboxylic acids is 1. The second-order valence-electron chi connectivity index (χ2n) is 3.80. The monoisotopic (exact) mass is 268 g/mol. The molecule has 0 aliphatic rings. The Bertz CT molecular complexity index is 420. The quantitative estimate of drug-likeness (QED) is 0.489. The van der Waals surface area contributed by atoms with Gasteiger partial charge in [-0.15, -0.1) is 11.8 Å². The summed E-state index contributed by atoms with van der Waals surface area (Å²) in [6.45, 7) is 4.48. The summed E-state index contributed by atoms with van der Waals surface area (Å²) in [7, 11) is 0. The average Bonchev–Trinajstić information content (AvgIpc) is 2.36. The molecule has 0 radical (unpaired) electrons. The number of nitrogens with one attached hydrogen (secondary N) is 1. The fraction of sp³-hybridized carbons (Fsp3) is 0.417. The molecule has 1 aromatic carbocycles. The van der Waals surface area contributed by atoms with Gasteiger partial charge in [0.2, 0.25) is 5.91 Å². The van der Waals surface area contributed by atoms with E-state index in [4.69, 9.17) is 0 Å². The smallest absolute Gasteiger partial charge is 0.269 e. The largest absolute Gasteiger partial charge is 0.355 e. The van der Waals surface area contributed by atoms with Gasteiger partial charge in [0.15, 0.2) is 0 Å². The molecule has 1 amide bonds. The van der Waals surface area contributed by atoms with E-state index in [2.05, 4.69) is 5.32 Å². The Morgan fingerprint density at radius 1 is 1.44 bits per heavy atom. The molecule has 0 bridgehead atoms. The van der Waals surface area contributed by atoms with E-state index < -0.39 is 4.92 Å². The van der Waals surface area contributed by atoms with Crippen molar-refractivity contribution in [3.05, 3.63) is 34.4 Å². The van der Waals surface area contributed by atoms with E-state index in [1.165, 1.54) is 23.9 Å². The van der Waals surface area contributed by atoms with Crippen molar-refractivity contribution in [3.8, 4) is 0 Å². The molecule has 0 saturated heterocycles. The van der Waals surface area contributed by atoms with E-state index in [0.29, 0.717) is 6.54 Å². The molecule has 0 aliphatic heterocycles. The van der Waals surface area contributed by atoms with E-state index in [-0.39, 0.29) is 16.8 Å². The molecule has 98 valence electrons. The van der Waals surface area contributed by atoms with Gasteiger partial charge in [-0.1, -0.05) is 6.92 Å². The number of nitro benzene ring substituents is 1. The first-order chi connectivity index (χ1) is 8.54. The predicted octanol–water partition coefficient (Wildman–Crippen LogP) is 2.60. The van der Waals surface area contributed by atoms with Gasteiger partial charge >= 0.3 is 0 Å². The zero-order chi connectivity index (χ0) is 13.5. The number of hydrogen-bond acceptors (Lipinski definition) is 4. The van der Waals surface area contributed by atoms with Crippen LogP contribution in [0.4, 0.5) is 5.69 Å². The lowest BCUT2D eigenvalue weighted by atomic mass is 10.3. The molecule has 0 spiro atoms. The Morgan fingerprint density at radius 3 is 2.56 bits per heavy atom. The van der Waals surface area contributed by atoms with Crippen molar-refractivity contribution >= 4 is 23.4 Å². The molecule has 1 unspecified atom stereocenters. The summed E-state index contributed by atoms with van der Waals surface area (Å²) < 4.78 is 0. The maximum Gasteiger partial charge on any atom is 0.269 e. The van der Waals surface area contributed by atoms with Gasteiger partial charge in [0.05, 0.1) is 10.2 Å². The van der Waals surface area contributed by atoms with Crippen molar-refractivity contribution in [3.63, 3.8) is 0 Å². The third-order valence-corrected chi connectivity index (χ3v) is 3.39. The standard InChI is InChI=1S/C12H16N2O3S/c1-3-8-13-12(15)9(2)18-11-6-4-10(5-7-11)14(16)17/h4-7,9H,3,8H2,1-2H3,(H,13,15). The molecule has 0 fully saturated rings. The summed E-state index contributed by atoms with van der Waals surface area (Å²) in [5.74, 6) is -0.0137. The van der Waals surface area contributed by atoms with Crippen LogP contribution in [0, 0.1) is 10.1 Å². The summed E-state index contributed by atoms with van der Waals surface area (Å²) in [4.78, 5) is 22.5. The molecule has 0 heterocycles. The average molecular weight is 268 g/mol. The molecule has 1 atom stereocenters. The van der Waals surface area contributed by atoms with Gasteiger partial charge in [-0.2, -0.15) is 0 Å². The SMILES string of the molecule is CCCNC(=O)C(C)Sc1ccc([N+](=O)[O-])cc1. The van der Waals surface area contributed by atoms with Crippen molar-refractivity contribution < 1.29 is 9.72 Å². The van der Waals surface area contributed by atoms with Crippen molar-refractivity contribution in [1.82, 2.24) is 5.32 Å². The van der Waals surface area contributed by atoms with Gasteiger partial charge in [-0.05, 0) is 25.5 Å². The van der Waals surface area contributed by atoms with E-state index in [1.807, 2.05) is 13.8 Å². The van der Waals surface area contributed by atoms with Crippen molar-refractivity contribution in [2.75, 3.05) is 6.54 Å². The molecule has 1 aromatic rings. The van der Waals surface area contributed by atoms with Crippen LogP contribution in [0.5, 0.6) is 0 Å². The van der Waals surface area contributed by atoms with Crippen molar-refractivity contribution in [2.45, 2.75) is 30.4 Å². The van der Waals surface area contributed by atoms with Gasteiger partial charge in [-0.25, -0.2) is 0 Å². The highest BCUT2D eigenvalue weighted by atomic mass is 32.2. The summed E-state index contributed by atoms with van der Waals surface area (Å²) in [5.41, 5.74) is 0.0578. The molecule has 1 rings (SSSR count). The van der Waals surface area contributed by atoms with Crippen molar-refractivity contribution in [2.24, 2.45) is 0 Å². The van der Waals surface area contributed by atoms with Crippen LogP contribution in [0.1, 0.15) is 20.3 Å². The third kappa shape index (κ3) is 4.37. The second-order valence-corrected chi connectivity index (χ2v) is 5.22. The first-order valence-electron chi connectivity index (χ1n) is 5.73. The van der Waals surface area contributed by atoms with E-state index in [0.717, 1.165) is 11.3 Å². The highest BCUT2D eigenvalue weighted by molar-refractivity contribution is 8.00. The number of amides is 1. The minimum absolute atomic E-state index is 0.0137. The van der Waals surface area contributed by atoms with E-state index in [1.54, 1.807) is 12.1 Å². The summed E-state index contributed by atoms with van der Waals surface area (Å²) in [6.07, 6.45) is 0.903. The third-order valence-electron chi connectivity index (χ3n) is 2.28. The van der Waals surface area contributed by atoms with Gasteiger partial charge in [0, 0.05) is 23.6 Å². The van der Waals surface area contributed by atoms with Crippen LogP contribution in [-0.4, -0.2) is 22.6 Å². The van der Waals surface area contributed by atoms with Gasteiger partial charge in [-0.3, -0.25) is 14.9 Å². The van der Waals surface area contributed by atoms with Crippen LogP contribution in [0.3, 0.4) is 0 Å². The number of non-ortho nitro benzene ring substituents is 1. The number of thioether (sulfide) groups is 1. The maximum absolute atomic E-state index is 11.6. The summed E-state index contributed by atoms with van der Waals surface area (Å²) >= 11 is 1.39. The number of carbonyl (C=O) groups is 1. The number of nitro groups is 1. The first kappa shape index (κ1) is 14.5. The molecule has 0 aromatic heterocycles. The van der Waals surface area contributed by atoms with Crippen LogP contribution in [0.2, 0.25) is 0 Å². The van der Waals surface area contributed by atoms with Crippen LogP contribution in [0.25, 0.3) is 0 Å². The number of hydrogen-bond donors (Lipinski definition) is 1. The van der Waals surface area contributed by atoms with Crippen LogP contribution in [-0.2, 0) is 4.79 Å². The first-order valence-corrected chi connectivity index (χ1v) is 6.61. The fourth-order valence-corrected chi connectivity index (χ4v) is 2.19. The lowest BCUT2D eigenvalue weighted by molar-refractivity contribution is -0.384. The van der Waals surface area contributed by atoms with Gasteiger partial charge < -0.3 is 5.32 Å². The van der Waals surface area contributed by atoms with Crippen LogP contribution in [0.15, 0.2) is 29.2 Å². The van der Waals surface area contributed by atoms with Gasteiger partial charge in [0.1, 0.15) is 0 Å². The van der Waals surface area contributed by atoms with E-state index in [9.17, 15) is 14.9 Å². The lowest BCUT2D eigenvalue weighted by Crippen LogP contribution is -2.31. The molecule has 1 N–H and O–H groups in total. The van der Waals surface area contributed by atoms with E-state index >= 15 is 0 Å². The predicted molar refractivity (Wildman–Crippen MR) is 71.7 cm³/mol. The zero-order valence-corrected chi connectivity index (χ0v) is 11.2. The Morgan fingerprint density at radius 2 is 2.06 bits per heavy atom.